The van der Waals surface area contributed by atoms with Crippen LogP contribution in [-0.4, -0.2) is 24.3 Å². The Bertz CT molecular complexity index is 216. The average molecular weight is 151 g/mol. The van der Waals surface area contributed by atoms with Gasteiger partial charge >= 0.3 is 0 Å². The van der Waals surface area contributed by atoms with E-state index in [1.807, 2.05) is 25.4 Å². The Balaban J connectivity index is 2.69. The Morgan fingerprint density at radius 1 is 1.64 bits per heavy atom. The normalized spacial score (nSPS) is 17.6. The van der Waals surface area contributed by atoms with Crippen molar-refractivity contribution in [3.05, 3.63) is 23.9 Å². The zero-order chi connectivity index (χ0) is 8.27. The third-order valence-corrected chi connectivity index (χ3v) is 1.78. The predicted octanol–water partition coefficient (Wildman–Crippen LogP) is 1.35. The lowest BCUT2D eigenvalue weighted by Crippen LogP contribution is -2.09. The number of rotatable bonds is 1. The van der Waals surface area contributed by atoms with Crippen LogP contribution in [0, 0.1) is 0 Å². The fraction of sp³-hybridized carbons (Fsp3) is 0.444. The van der Waals surface area contributed by atoms with Crippen molar-refractivity contribution in [2.24, 2.45) is 0 Å². The van der Waals surface area contributed by atoms with Gasteiger partial charge in [0.25, 0.3) is 0 Å². The van der Waals surface area contributed by atoms with Crippen molar-refractivity contribution in [3.63, 3.8) is 0 Å². The van der Waals surface area contributed by atoms with E-state index in [1.165, 1.54) is 0 Å². The highest BCUT2D eigenvalue weighted by Crippen LogP contribution is 2.08. The molecular weight excluding hydrogens is 138 g/mol. The van der Waals surface area contributed by atoms with Crippen LogP contribution < -0.4 is 0 Å². The van der Waals surface area contributed by atoms with E-state index in [9.17, 15) is 4.79 Å². The molecule has 1 rings (SSSR count). The molecular formula is C9H13NO. The van der Waals surface area contributed by atoms with E-state index in [2.05, 4.69) is 4.90 Å². The van der Waals surface area contributed by atoms with E-state index in [0.717, 1.165) is 18.5 Å². The molecule has 11 heavy (non-hydrogen) atoms. The molecule has 0 unspecified atom stereocenters. The number of allylic oxidation sites excluding steroid dienone is 2. The van der Waals surface area contributed by atoms with Gasteiger partial charge in [-0.2, -0.15) is 0 Å². The Labute approximate surface area is 67.2 Å². The second-order valence-electron chi connectivity index (χ2n) is 2.81. The van der Waals surface area contributed by atoms with E-state index in [0.29, 0.717) is 0 Å². The third-order valence-electron chi connectivity index (χ3n) is 1.78. The number of hydrogen-bond acceptors (Lipinski definition) is 2. The fourth-order valence-electron chi connectivity index (χ4n) is 1.05. The molecule has 0 aromatic heterocycles. The van der Waals surface area contributed by atoms with Gasteiger partial charge in [-0.05, 0) is 25.1 Å². The first-order valence-electron chi connectivity index (χ1n) is 3.77. The Morgan fingerprint density at radius 2 is 2.36 bits per heavy atom. The molecule has 0 spiro atoms. The van der Waals surface area contributed by atoms with Crippen molar-refractivity contribution in [1.29, 1.82) is 0 Å². The van der Waals surface area contributed by atoms with E-state index in [4.69, 9.17) is 0 Å². The minimum Gasteiger partial charge on any atom is -0.377 e. The number of hydrogen-bond donors (Lipinski definition) is 0. The average Bonchev–Trinajstić information content (AvgIpc) is 2.13. The Kier molecular flexibility index (Phi) is 2.47. The number of ketones is 1. The molecule has 0 N–H and O–H groups in total. The molecule has 1 aliphatic heterocycles. The van der Waals surface area contributed by atoms with Gasteiger partial charge in [-0.3, -0.25) is 4.79 Å². The molecule has 0 aromatic rings. The Morgan fingerprint density at radius 3 is 3.00 bits per heavy atom. The van der Waals surface area contributed by atoms with Crippen molar-refractivity contribution in [2.45, 2.75) is 13.3 Å². The molecule has 0 saturated heterocycles. The van der Waals surface area contributed by atoms with E-state index >= 15 is 0 Å². The summed E-state index contributed by atoms with van der Waals surface area (Å²) in [6.45, 7) is 2.45. The van der Waals surface area contributed by atoms with Gasteiger partial charge in [0.15, 0.2) is 5.78 Å². The van der Waals surface area contributed by atoms with Crippen molar-refractivity contribution < 1.29 is 4.79 Å². The molecule has 1 aliphatic rings. The zero-order valence-electron chi connectivity index (χ0n) is 7.00. The highest BCUT2D eigenvalue weighted by atomic mass is 16.1. The topological polar surface area (TPSA) is 20.3 Å². The van der Waals surface area contributed by atoms with Crippen LogP contribution in [0.25, 0.3) is 0 Å². The molecule has 0 aromatic carbocycles. The molecule has 0 atom stereocenters. The first-order valence-corrected chi connectivity index (χ1v) is 3.77. The quantitative estimate of drug-likeness (QED) is 0.564. The van der Waals surface area contributed by atoms with Gasteiger partial charge in [-0.1, -0.05) is 12.2 Å². The summed E-state index contributed by atoms with van der Waals surface area (Å²) in [6, 6.07) is 0. The molecule has 0 fully saturated rings. The highest BCUT2D eigenvalue weighted by molar-refractivity contribution is 5.93. The summed E-state index contributed by atoms with van der Waals surface area (Å²) in [5.41, 5.74) is 0.922. The molecule has 1 heterocycles. The van der Waals surface area contributed by atoms with E-state index in [1.54, 1.807) is 6.92 Å². The van der Waals surface area contributed by atoms with Crippen molar-refractivity contribution >= 4 is 5.78 Å². The molecule has 60 valence electrons. The molecule has 0 saturated carbocycles. The maximum atomic E-state index is 10.9. The first kappa shape index (κ1) is 8.05. The van der Waals surface area contributed by atoms with Gasteiger partial charge in [-0.25, -0.2) is 0 Å². The summed E-state index contributed by atoms with van der Waals surface area (Å²) in [5.74, 6) is 0.185. The van der Waals surface area contributed by atoms with Crippen molar-refractivity contribution in [2.75, 3.05) is 13.6 Å². The number of nitrogens with zero attached hydrogens (tertiary/aromatic N) is 1. The van der Waals surface area contributed by atoms with Crippen molar-refractivity contribution in [1.82, 2.24) is 4.90 Å². The van der Waals surface area contributed by atoms with Crippen LogP contribution in [0.4, 0.5) is 0 Å². The fourth-order valence-corrected chi connectivity index (χ4v) is 1.05. The van der Waals surface area contributed by atoms with Gasteiger partial charge in [0.1, 0.15) is 0 Å². The summed E-state index contributed by atoms with van der Waals surface area (Å²) >= 11 is 0. The summed E-state index contributed by atoms with van der Waals surface area (Å²) in [6.07, 6.45) is 6.79. The van der Waals surface area contributed by atoms with Crippen LogP contribution in [0.1, 0.15) is 13.3 Å². The van der Waals surface area contributed by atoms with Crippen LogP contribution in [0.3, 0.4) is 0 Å². The lowest BCUT2D eigenvalue weighted by atomic mass is 10.1. The van der Waals surface area contributed by atoms with Crippen LogP contribution in [0.2, 0.25) is 0 Å². The van der Waals surface area contributed by atoms with Crippen LogP contribution in [-0.2, 0) is 4.79 Å². The third kappa shape index (κ3) is 2.22. The summed E-state index contributed by atoms with van der Waals surface area (Å²) in [4.78, 5) is 13.0. The number of likely N-dealkylation sites (N-methyl/N-ethyl adjacent to an activating group) is 1. The first-order chi connectivity index (χ1) is 5.20. The second-order valence-corrected chi connectivity index (χ2v) is 2.81. The maximum absolute atomic E-state index is 10.9. The lowest BCUT2D eigenvalue weighted by molar-refractivity contribution is -0.113. The molecule has 2 heteroatoms. The monoisotopic (exact) mass is 151 g/mol. The standard InChI is InChI=1S/C9H13NO/c1-8(11)9-4-3-6-10(2)7-5-9/h3,5-6H,4,7H2,1-2H3. The van der Waals surface area contributed by atoms with Gasteiger partial charge in [0, 0.05) is 13.6 Å². The minimum atomic E-state index is 0.185. The van der Waals surface area contributed by atoms with Gasteiger partial charge < -0.3 is 4.90 Å². The number of Topliss-reactive ketones (excluding diaryl/α,β-unsaturated/α-hetero) is 1. The van der Waals surface area contributed by atoms with E-state index in [-0.39, 0.29) is 5.78 Å². The molecule has 0 bridgehead atoms. The molecule has 2 nitrogen and oxygen atoms in total. The minimum absolute atomic E-state index is 0.185. The molecule has 0 amide bonds. The van der Waals surface area contributed by atoms with E-state index < -0.39 is 0 Å². The second kappa shape index (κ2) is 3.37. The Hall–Kier alpha value is -1.05. The molecule has 0 radical (unpaired) electrons. The maximum Gasteiger partial charge on any atom is 0.155 e. The smallest absolute Gasteiger partial charge is 0.155 e. The van der Waals surface area contributed by atoms with Gasteiger partial charge in [-0.15, -0.1) is 0 Å². The van der Waals surface area contributed by atoms with Crippen molar-refractivity contribution in [3.8, 4) is 0 Å². The summed E-state index contributed by atoms with van der Waals surface area (Å²) in [7, 11) is 2.00. The lowest BCUT2D eigenvalue weighted by Gasteiger charge is -2.07. The highest BCUT2D eigenvalue weighted by Gasteiger charge is 2.03. The van der Waals surface area contributed by atoms with Gasteiger partial charge in [0.2, 0.25) is 0 Å². The zero-order valence-corrected chi connectivity index (χ0v) is 7.00. The van der Waals surface area contributed by atoms with Crippen LogP contribution in [0.15, 0.2) is 23.9 Å². The SMILES string of the molecule is CC(=O)C1=CCN(C)C=CC1. The largest absolute Gasteiger partial charge is 0.377 e. The molecule has 0 aliphatic carbocycles. The van der Waals surface area contributed by atoms with Crippen LogP contribution in [0.5, 0.6) is 0 Å². The summed E-state index contributed by atoms with van der Waals surface area (Å²) in [5, 5.41) is 0. The summed E-state index contributed by atoms with van der Waals surface area (Å²) < 4.78 is 0. The number of carbonyl (C=O) groups excluding carboxylic acids is 1. The van der Waals surface area contributed by atoms with Gasteiger partial charge in [0.05, 0.1) is 0 Å². The number of carbonyl (C=O) groups is 1. The predicted molar refractivity (Wildman–Crippen MR) is 45.2 cm³/mol. The van der Waals surface area contributed by atoms with Crippen LogP contribution >= 0.6 is 0 Å².